The van der Waals surface area contributed by atoms with Crippen LogP contribution >= 0.6 is 35.0 Å². The summed E-state index contributed by atoms with van der Waals surface area (Å²) in [4.78, 5) is 16.1. The van der Waals surface area contributed by atoms with E-state index < -0.39 is 29.1 Å². The number of carbonyl (C=O) groups is 1. The molecule has 2 aromatic carbocycles. The zero-order valence-electron chi connectivity index (χ0n) is 13.3. The van der Waals surface area contributed by atoms with Gasteiger partial charge in [0.05, 0.1) is 21.3 Å². The molecule has 1 aliphatic heterocycles. The quantitative estimate of drug-likeness (QED) is 0.620. The first-order valence-electron chi connectivity index (χ1n) is 7.46. The molecule has 142 valence electrons. The van der Waals surface area contributed by atoms with Gasteiger partial charge in [-0.15, -0.1) is 0 Å². The summed E-state index contributed by atoms with van der Waals surface area (Å²) in [6, 6.07) is 8.67. The summed E-state index contributed by atoms with van der Waals surface area (Å²) < 4.78 is 53.5. The summed E-state index contributed by atoms with van der Waals surface area (Å²) in [5, 5.41) is 0.352. The second-order valence-electron chi connectivity index (χ2n) is 5.67. The van der Waals surface area contributed by atoms with Gasteiger partial charge in [-0.05, 0) is 41.6 Å². The molecular formula is C17H10Cl2F4N2OS. The molecule has 10 heteroatoms. The molecule has 0 saturated carbocycles. The Morgan fingerprint density at radius 3 is 2.52 bits per heavy atom. The molecule has 27 heavy (non-hydrogen) atoms. The van der Waals surface area contributed by atoms with Gasteiger partial charge in [-0.2, -0.15) is 13.2 Å². The monoisotopic (exact) mass is 436 g/mol. The lowest BCUT2D eigenvalue weighted by molar-refractivity contribution is -0.137. The standard InChI is InChI=1S/C17H10Cl2F4N2OS/c18-12-5-4-11(7-13(12)19)24-15-25-14(26)16(20,27-15)8-9-2-1-3-10(6-9)17(21,22)23/h1-7H,8H2,(H,24,25,26). The molecule has 0 spiro atoms. The van der Waals surface area contributed by atoms with Crippen LogP contribution in [0.25, 0.3) is 0 Å². The molecule has 1 heterocycles. The molecular weight excluding hydrogens is 427 g/mol. The highest BCUT2D eigenvalue weighted by Crippen LogP contribution is 2.39. The lowest BCUT2D eigenvalue weighted by Crippen LogP contribution is -2.34. The number of rotatable bonds is 3. The maximum absolute atomic E-state index is 15.1. The third-order valence-electron chi connectivity index (χ3n) is 3.64. The van der Waals surface area contributed by atoms with Crippen molar-refractivity contribution < 1.29 is 22.4 Å². The Hall–Kier alpha value is -1.77. The van der Waals surface area contributed by atoms with Crippen LogP contribution in [0, 0.1) is 0 Å². The van der Waals surface area contributed by atoms with Crippen molar-refractivity contribution in [3.8, 4) is 0 Å². The smallest absolute Gasteiger partial charge is 0.301 e. The summed E-state index contributed by atoms with van der Waals surface area (Å²) in [5.74, 6) is -0.983. The van der Waals surface area contributed by atoms with E-state index in [1.165, 1.54) is 30.3 Å². The van der Waals surface area contributed by atoms with Crippen LogP contribution in [0.5, 0.6) is 0 Å². The average Bonchev–Trinajstić information content (AvgIpc) is 2.84. The highest BCUT2D eigenvalue weighted by Gasteiger charge is 2.47. The van der Waals surface area contributed by atoms with E-state index in [0.29, 0.717) is 22.5 Å². The van der Waals surface area contributed by atoms with E-state index in [1.807, 2.05) is 0 Å². The van der Waals surface area contributed by atoms with Crippen molar-refractivity contribution in [2.24, 2.45) is 4.99 Å². The Bertz CT molecular complexity index is 935. The highest BCUT2D eigenvalue weighted by atomic mass is 35.5. The Labute approximate surface area is 165 Å². The summed E-state index contributed by atoms with van der Waals surface area (Å²) >= 11 is 12.2. The molecule has 3 rings (SSSR count). The minimum absolute atomic E-state index is 0.0205. The summed E-state index contributed by atoms with van der Waals surface area (Å²) in [5.41, 5.74) is -0.516. The third-order valence-corrected chi connectivity index (χ3v) is 5.42. The maximum Gasteiger partial charge on any atom is 0.416 e. The van der Waals surface area contributed by atoms with Crippen LogP contribution < -0.4 is 5.32 Å². The minimum atomic E-state index is -4.55. The van der Waals surface area contributed by atoms with E-state index in [-0.39, 0.29) is 15.8 Å². The number of benzene rings is 2. The maximum atomic E-state index is 15.1. The predicted molar refractivity (Wildman–Crippen MR) is 98.3 cm³/mol. The van der Waals surface area contributed by atoms with E-state index >= 15 is 4.39 Å². The number of alkyl halides is 4. The fourth-order valence-corrected chi connectivity index (χ4v) is 3.65. The Kier molecular flexibility index (Phi) is 5.42. The van der Waals surface area contributed by atoms with E-state index in [0.717, 1.165) is 12.1 Å². The Morgan fingerprint density at radius 2 is 1.85 bits per heavy atom. The predicted octanol–water partition coefficient (Wildman–Crippen LogP) is 5.77. The van der Waals surface area contributed by atoms with E-state index in [2.05, 4.69) is 10.3 Å². The number of amidine groups is 1. The first-order chi connectivity index (χ1) is 12.6. The van der Waals surface area contributed by atoms with Gasteiger partial charge in [0, 0.05) is 6.42 Å². The van der Waals surface area contributed by atoms with Crippen LogP contribution in [0.3, 0.4) is 0 Å². The van der Waals surface area contributed by atoms with Gasteiger partial charge >= 0.3 is 6.18 Å². The molecule has 1 unspecified atom stereocenters. The Morgan fingerprint density at radius 1 is 1.11 bits per heavy atom. The van der Waals surface area contributed by atoms with Crippen LogP contribution in [-0.4, -0.2) is 16.1 Å². The minimum Gasteiger partial charge on any atom is -0.301 e. The number of nitrogens with zero attached hydrogens (tertiary/aromatic N) is 1. The van der Waals surface area contributed by atoms with Crippen LogP contribution in [0.2, 0.25) is 10.0 Å². The first kappa shape index (κ1) is 20.0. The van der Waals surface area contributed by atoms with Crippen LogP contribution in [0.15, 0.2) is 47.5 Å². The van der Waals surface area contributed by atoms with E-state index in [1.54, 1.807) is 0 Å². The van der Waals surface area contributed by atoms with Gasteiger partial charge < -0.3 is 5.32 Å². The van der Waals surface area contributed by atoms with Gasteiger partial charge in [-0.25, -0.2) is 9.38 Å². The first-order valence-corrected chi connectivity index (χ1v) is 9.03. The lowest BCUT2D eigenvalue weighted by atomic mass is 10.0. The lowest BCUT2D eigenvalue weighted by Gasteiger charge is -2.15. The Balaban J connectivity index is 1.81. The van der Waals surface area contributed by atoms with Crippen LogP contribution in [-0.2, 0) is 17.4 Å². The molecule has 0 radical (unpaired) electrons. The summed E-state index contributed by atoms with van der Waals surface area (Å²) in [6.45, 7) is 0. The van der Waals surface area contributed by atoms with Gasteiger partial charge in [0.15, 0.2) is 5.17 Å². The number of halogens is 6. The molecule has 1 saturated heterocycles. The zero-order valence-corrected chi connectivity index (χ0v) is 15.6. The topological polar surface area (TPSA) is 41.5 Å². The molecule has 1 fully saturated rings. The second kappa shape index (κ2) is 7.33. The van der Waals surface area contributed by atoms with Crippen molar-refractivity contribution >= 4 is 51.7 Å². The summed E-state index contributed by atoms with van der Waals surface area (Å²) in [6.07, 6.45) is -5.08. The molecule has 3 nitrogen and oxygen atoms in total. The molecule has 2 aromatic rings. The number of carbonyl (C=O) groups excluding carboxylic acids is 1. The van der Waals surface area contributed by atoms with Gasteiger partial charge in [0.25, 0.3) is 5.91 Å². The molecule has 1 N–H and O–H groups in total. The highest BCUT2D eigenvalue weighted by molar-refractivity contribution is 8.16. The number of nitrogens with one attached hydrogen (secondary N) is 1. The van der Waals surface area contributed by atoms with Gasteiger partial charge in [0.2, 0.25) is 5.00 Å². The van der Waals surface area contributed by atoms with Crippen LogP contribution in [0.4, 0.5) is 23.2 Å². The van der Waals surface area contributed by atoms with Crippen LogP contribution in [0.1, 0.15) is 11.1 Å². The molecule has 0 aromatic heterocycles. The second-order valence-corrected chi connectivity index (χ2v) is 7.73. The number of amides is 1. The number of aliphatic imine (C=N–C) groups is 1. The fraction of sp³-hybridized carbons (Fsp3) is 0.176. The average molecular weight is 437 g/mol. The third kappa shape index (κ3) is 4.56. The van der Waals surface area contributed by atoms with Crippen molar-refractivity contribution in [2.45, 2.75) is 17.6 Å². The van der Waals surface area contributed by atoms with E-state index in [4.69, 9.17) is 23.2 Å². The van der Waals surface area contributed by atoms with Crippen molar-refractivity contribution in [2.75, 3.05) is 0 Å². The van der Waals surface area contributed by atoms with Crippen molar-refractivity contribution in [3.63, 3.8) is 0 Å². The largest absolute Gasteiger partial charge is 0.416 e. The fourth-order valence-electron chi connectivity index (χ4n) is 2.37. The number of hydrogen-bond acceptors (Lipinski definition) is 3. The SMILES string of the molecule is O=C1NC(=Nc2ccc(Cl)c(Cl)c2)SC1(F)Cc1cccc(C(F)(F)F)c1. The molecule has 1 atom stereocenters. The van der Waals surface area contributed by atoms with Gasteiger partial charge in [0.1, 0.15) is 0 Å². The zero-order chi connectivity index (χ0) is 19.8. The van der Waals surface area contributed by atoms with Crippen molar-refractivity contribution in [1.29, 1.82) is 0 Å². The molecule has 0 aliphatic carbocycles. The molecule has 0 bridgehead atoms. The van der Waals surface area contributed by atoms with Gasteiger partial charge in [-0.3, -0.25) is 4.79 Å². The van der Waals surface area contributed by atoms with Crippen molar-refractivity contribution in [3.05, 3.63) is 63.6 Å². The van der Waals surface area contributed by atoms with Crippen molar-refractivity contribution in [1.82, 2.24) is 5.32 Å². The molecule has 1 aliphatic rings. The van der Waals surface area contributed by atoms with E-state index in [9.17, 15) is 18.0 Å². The number of hydrogen-bond donors (Lipinski definition) is 1. The molecule has 1 amide bonds. The normalized spacial score (nSPS) is 21.6. The number of thioether (sulfide) groups is 1. The van der Waals surface area contributed by atoms with Gasteiger partial charge in [-0.1, -0.05) is 41.4 Å². The summed E-state index contributed by atoms with van der Waals surface area (Å²) in [7, 11) is 0.